The van der Waals surface area contributed by atoms with Crippen LogP contribution in [0.5, 0.6) is 0 Å². The molecule has 0 aromatic carbocycles. The van der Waals surface area contributed by atoms with Crippen LogP contribution in [0.15, 0.2) is 23.8 Å². The van der Waals surface area contributed by atoms with Crippen molar-refractivity contribution >= 4 is 23.2 Å². The SMILES string of the molecule is O=C(C1CCCN(c2ncc(F)cn2)C1)N1CCc2sccc2C1. The molecule has 0 spiro atoms. The second kappa shape index (κ2) is 6.47. The Labute approximate surface area is 144 Å². The van der Waals surface area contributed by atoms with Crippen molar-refractivity contribution in [3.05, 3.63) is 40.1 Å². The number of thiophene rings is 1. The Bertz CT molecular complexity index is 732. The second-order valence-electron chi connectivity index (χ2n) is 6.37. The van der Waals surface area contributed by atoms with E-state index in [0.29, 0.717) is 12.5 Å². The monoisotopic (exact) mass is 346 g/mol. The highest BCUT2D eigenvalue weighted by Gasteiger charge is 2.32. The van der Waals surface area contributed by atoms with Gasteiger partial charge in [0.2, 0.25) is 11.9 Å². The van der Waals surface area contributed by atoms with Crippen LogP contribution in [-0.2, 0) is 17.8 Å². The van der Waals surface area contributed by atoms with Crippen molar-refractivity contribution in [3.63, 3.8) is 0 Å². The van der Waals surface area contributed by atoms with Crippen molar-refractivity contribution in [1.29, 1.82) is 0 Å². The zero-order valence-corrected chi connectivity index (χ0v) is 14.1. The lowest BCUT2D eigenvalue weighted by molar-refractivity contribution is -0.136. The predicted molar refractivity (Wildman–Crippen MR) is 90.4 cm³/mol. The minimum absolute atomic E-state index is 0.0346. The molecule has 1 saturated heterocycles. The van der Waals surface area contributed by atoms with Crippen molar-refractivity contribution < 1.29 is 9.18 Å². The third-order valence-corrected chi connectivity index (χ3v) is 5.80. The molecular formula is C17H19FN4OS. The molecule has 126 valence electrons. The molecule has 1 unspecified atom stereocenters. The molecule has 24 heavy (non-hydrogen) atoms. The lowest BCUT2D eigenvalue weighted by atomic mass is 9.95. The molecule has 2 aliphatic rings. The lowest BCUT2D eigenvalue weighted by Gasteiger charge is -2.36. The van der Waals surface area contributed by atoms with E-state index in [9.17, 15) is 9.18 Å². The summed E-state index contributed by atoms with van der Waals surface area (Å²) in [5.41, 5.74) is 1.29. The second-order valence-corrected chi connectivity index (χ2v) is 7.37. The molecule has 4 rings (SSSR count). The van der Waals surface area contributed by atoms with Crippen LogP contribution in [0.25, 0.3) is 0 Å². The van der Waals surface area contributed by atoms with Gasteiger partial charge in [0, 0.05) is 31.1 Å². The molecule has 1 fully saturated rings. The van der Waals surface area contributed by atoms with E-state index in [2.05, 4.69) is 21.4 Å². The number of piperidine rings is 1. The quantitative estimate of drug-likeness (QED) is 0.838. The van der Waals surface area contributed by atoms with Crippen LogP contribution in [0.3, 0.4) is 0 Å². The lowest BCUT2D eigenvalue weighted by Crippen LogP contribution is -2.46. The fraction of sp³-hybridized carbons (Fsp3) is 0.471. The van der Waals surface area contributed by atoms with Gasteiger partial charge in [-0.15, -0.1) is 11.3 Å². The zero-order chi connectivity index (χ0) is 16.5. The maximum atomic E-state index is 13.0. The first-order valence-corrected chi connectivity index (χ1v) is 9.15. The molecular weight excluding hydrogens is 327 g/mol. The van der Waals surface area contributed by atoms with E-state index in [0.717, 1.165) is 38.9 Å². The average molecular weight is 346 g/mol. The number of hydrogen-bond donors (Lipinski definition) is 0. The van der Waals surface area contributed by atoms with E-state index >= 15 is 0 Å². The first-order chi connectivity index (χ1) is 11.7. The minimum Gasteiger partial charge on any atom is -0.340 e. The number of aromatic nitrogens is 2. The topological polar surface area (TPSA) is 49.3 Å². The van der Waals surface area contributed by atoms with Gasteiger partial charge in [0.15, 0.2) is 5.82 Å². The van der Waals surface area contributed by atoms with Crippen LogP contribution in [0.4, 0.5) is 10.3 Å². The van der Waals surface area contributed by atoms with Crippen LogP contribution in [-0.4, -0.2) is 40.4 Å². The maximum absolute atomic E-state index is 13.0. The number of fused-ring (bicyclic) bond motifs is 1. The highest BCUT2D eigenvalue weighted by atomic mass is 32.1. The number of nitrogens with zero attached hydrogens (tertiary/aromatic N) is 4. The number of anilines is 1. The van der Waals surface area contributed by atoms with Gasteiger partial charge in [-0.2, -0.15) is 0 Å². The Hall–Kier alpha value is -2.02. The molecule has 1 amide bonds. The summed E-state index contributed by atoms with van der Waals surface area (Å²) in [6.45, 7) is 2.94. The predicted octanol–water partition coefficient (Wildman–Crippen LogP) is 2.48. The van der Waals surface area contributed by atoms with Gasteiger partial charge in [-0.25, -0.2) is 14.4 Å². The largest absolute Gasteiger partial charge is 0.340 e. The van der Waals surface area contributed by atoms with Crippen molar-refractivity contribution in [2.24, 2.45) is 5.92 Å². The third-order valence-electron chi connectivity index (χ3n) is 4.78. The van der Waals surface area contributed by atoms with Gasteiger partial charge in [0.05, 0.1) is 18.3 Å². The number of carbonyl (C=O) groups is 1. The first kappa shape index (κ1) is 15.5. The van der Waals surface area contributed by atoms with Crippen LogP contribution in [0.2, 0.25) is 0 Å². The summed E-state index contributed by atoms with van der Waals surface area (Å²) in [7, 11) is 0. The molecule has 5 nitrogen and oxygen atoms in total. The summed E-state index contributed by atoms with van der Waals surface area (Å²) in [4.78, 5) is 26.4. The van der Waals surface area contributed by atoms with Crippen molar-refractivity contribution in [3.8, 4) is 0 Å². The van der Waals surface area contributed by atoms with Crippen molar-refractivity contribution in [2.45, 2.75) is 25.8 Å². The van der Waals surface area contributed by atoms with Gasteiger partial charge in [0.1, 0.15) is 0 Å². The maximum Gasteiger partial charge on any atom is 0.227 e. The standard InChI is InChI=1S/C17H19FN4OS/c18-14-8-19-17(20-9-14)22-5-1-2-13(11-22)16(23)21-6-3-15-12(10-21)4-7-24-15/h4,7-9,13H,1-3,5-6,10-11H2. The van der Waals surface area contributed by atoms with Gasteiger partial charge in [-0.3, -0.25) is 4.79 Å². The smallest absolute Gasteiger partial charge is 0.227 e. The number of hydrogen-bond acceptors (Lipinski definition) is 5. The molecule has 4 heterocycles. The fourth-order valence-corrected chi connectivity index (χ4v) is 4.41. The number of amides is 1. The number of rotatable bonds is 2. The van der Waals surface area contributed by atoms with Crippen LogP contribution in [0.1, 0.15) is 23.3 Å². The summed E-state index contributed by atoms with van der Waals surface area (Å²) in [6.07, 6.45) is 5.13. The van der Waals surface area contributed by atoms with E-state index in [4.69, 9.17) is 0 Å². The van der Waals surface area contributed by atoms with E-state index in [-0.39, 0.29) is 11.8 Å². The van der Waals surface area contributed by atoms with Gasteiger partial charge >= 0.3 is 0 Å². The average Bonchev–Trinajstić information content (AvgIpc) is 3.09. The molecule has 1 atom stereocenters. The summed E-state index contributed by atoms with van der Waals surface area (Å²) in [5.74, 6) is 0.252. The Morgan fingerprint density at radius 2 is 2.12 bits per heavy atom. The Kier molecular flexibility index (Phi) is 4.18. The Morgan fingerprint density at radius 3 is 2.96 bits per heavy atom. The number of halogens is 1. The van der Waals surface area contributed by atoms with E-state index < -0.39 is 5.82 Å². The molecule has 0 radical (unpaired) electrons. The van der Waals surface area contributed by atoms with E-state index in [1.165, 1.54) is 22.8 Å². The summed E-state index contributed by atoms with van der Waals surface area (Å²) in [5, 5.41) is 2.10. The highest BCUT2D eigenvalue weighted by molar-refractivity contribution is 7.10. The molecule has 7 heteroatoms. The molecule has 0 bridgehead atoms. The van der Waals surface area contributed by atoms with Crippen LogP contribution in [0, 0.1) is 11.7 Å². The molecule has 0 aliphatic carbocycles. The first-order valence-electron chi connectivity index (χ1n) is 8.27. The Morgan fingerprint density at radius 1 is 1.29 bits per heavy atom. The van der Waals surface area contributed by atoms with Crippen molar-refractivity contribution in [1.82, 2.24) is 14.9 Å². The van der Waals surface area contributed by atoms with E-state index in [1.54, 1.807) is 11.3 Å². The molecule has 0 saturated carbocycles. The molecule has 0 N–H and O–H groups in total. The summed E-state index contributed by atoms with van der Waals surface area (Å²) < 4.78 is 13.0. The molecule has 2 aromatic heterocycles. The molecule has 2 aliphatic heterocycles. The van der Waals surface area contributed by atoms with Gasteiger partial charge < -0.3 is 9.80 Å². The van der Waals surface area contributed by atoms with Gasteiger partial charge in [-0.05, 0) is 36.3 Å². The number of carbonyl (C=O) groups excluding carboxylic acids is 1. The zero-order valence-electron chi connectivity index (χ0n) is 13.3. The Balaban J connectivity index is 1.44. The van der Waals surface area contributed by atoms with Crippen LogP contribution < -0.4 is 4.90 Å². The normalized spacial score (nSPS) is 20.8. The van der Waals surface area contributed by atoms with Crippen LogP contribution >= 0.6 is 11.3 Å². The van der Waals surface area contributed by atoms with E-state index in [1.807, 2.05) is 9.80 Å². The fourth-order valence-electron chi connectivity index (χ4n) is 3.52. The van der Waals surface area contributed by atoms with Crippen molar-refractivity contribution in [2.75, 3.05) is 24.5 Å². The minimum atomic E-state index is -0.441. The van der Waals surface area contributed by atoms with Gasteiger partial charge in [0.25, 0.3) is 0 Å². The summed E-state index contributed by atoms with van der Waals surface area (Å²) >= 11 is 1.78. The van der Waals surface area contributed by atoms with Gasteiger partial charge in [-0.1, -0.05) is 0 Å². The summed E-state index contributed by atoms with van der Waals surface area (Å²) in [6, 6.07) is 2.12. The third kappa shape index (κ3) is 3.00. The highest BCUT2D eigenvalue weighted by Crippen LogP contribution is 2.27. The molecule has 2 aromatic rings.